The SMILES string of the molecule is CC1(C)c2ccccc2-c2ccc3c(c21)c1ccccc1n3-c1ccc(-c2cc(-c3ccccc3)cnc2C#N)cc1C#N. The fraction of sp³-hybridized carbons (Fsp3) is 0.0750. The van der Waals surface area contributed by atoms with Crippen molar-refractivity contribution in [3.63, 3.8) is 0 Å². The molecule has 0 atom stereocenters. The fourth-order valence-electron chi connectivity index (χ4n) is 7.14. The summed E-state index contributed by atoms with van der Waals surface area (Å²) in [5, 5.41) is 22.8. The van der Waals surface area contributed by atoms with Gasteiger partial charge in [0, 0.05) is 33.5 Å². The van der Waals surface area contributed by atoms with Crippen LogP contribution in [0.3, 0.4) is 0 Å². The molecule has 1 aliphatic carbocycles. The summed E-state index contributed by atoms with van der Waals surface area (Å²) in [6.07, 6.45) is 1.73. The van der Waals surface area contributed by atoms with E-state index in [-0.39, 0.29) is 5.41 Å². The predicted octanol–water partition coefficient (Wildman–Crippen LogP) is 9.56. The Morgan fingerprint density at radius 2 is 1.41 bits per heavy atom. The smallest absolute Gasteiger partial charge is 0.148 e. The van der Waals surface area contributed by atoms with E-state index in [0.717, 1.165) is 33.4 Å². The van der Waals surface area contributed by atoms with Gasteiger partial charge in [-0.3, -0.25) is 0 Å². The van der Waals surface area contributed by atoms with Crippen molar-refractivity contribution >= 4 is 21.8 Å². The van der Waals surface area contributed by atoms with Crippen LogP contribution in [-0.4, -0.2) is 9.55 Å². The number of nitriles is 2. The van der Waals surface area contributed by atoms with Gasteiger partial charge in [0.25, 0.3) is 0 Å². The number of rotatable bonds is 3. The van der Waals surface area contributed by atoms with E-state index in [2.05, 4.69) is 96.2 Å². The van der Waals surface area contributed by atoms with Gasteiger partial charge in [-0.2, -0.15) is 10.5 Å². The highest BCUT2D eigenvalue weighted by Crippen LogP contribution is 2.53. The molecule has 0 spiro atoms. The number of para-hydroxylation sites is 1. The molecule has 5 aromatic carbocycles. The van der Waals surface area contributed by atoms with E-state index in [0.29, 0.717) is 16.8 Å². The van der Waals surface area contributed by atoms with Gasteiger partial charge < -0.3 is 4.57 Å². The van der Waals surface area contributed by atoms with Crippen molar-refractivity contribution in [2.24, 2.45) is 0 Å². The predicted molar refractivity (Wildman–Crippen MR) is 176 cm³/mol. The molecule has 8 rings (SSSR count). The number of pyridine rings is 1. The molecule has 2 heterocycles. The molecule has 0 saturated carbocycles. The van der Waals surface area contributed by atoms with E-state index >= 15 is 0 Å². The largest absolute Gasteiger partial charge is 0.308 e. The lowest BCUT2D eigenvalue weighted by Crippen LogP contribution is -2.15. The Morgan fingerprint density at radius 3 is 2.23 bits per heavy atom. The van der Waals surface area contributed by atoms with Crippen LogP contribution in [0.2, 0.25) is 0 Å². The van der Waals surface area contributed by atoms with E-state index in [4.69, 9.17) is 0 Å². The Kier molecular flexibility index (Phi) is 5.57. The summed E-state index contributed by atoms with van der Waals surface area (Å²) in [5.41, 5.74) is 12.3. The highest BCUT2D eigenvalue weighted by molar-refractivity contribution is 6.14. The summed E-state index contributed by atoms with van der Waals surface area (Å²) >= 11 is 0. The minimum Gasteiger partial charge on any atom is -0.308 e. The molecule has 0 fully saturated rings. The minimum absolute atomic E-state index is 0.174. The molecule has 0 unspecified atom stereocenters. The summed E-state index contributed by atoms with van der Waals surface area (Å²) in [4.78, 5) is 4.47. The summed E-state index contributed by atoms with van der Waals surface area (Å²) in [7, 11) is 0. The summed E-state index contributed by atoms with van der Waals surface area (Å²) in [5.74, 6) is 0. The van der Waals surface area contributed by atoms with E-state index in [1.54, 1.807) is 6.20 Å². The molecular weight excluding hydrogens is 536 g/mol. The van der Waals surface area contributed by atoms with E-state index < -0.39 is 0 Å². The first-order valence-electron chi connectivity index (χ1n) is 14.7. The molecule has 0 saturated heterocycles. The lowest BCUT2D eigenvalue weighted by atomic mass is 9.80. The quantitative estimate of drug-likeness (QED) is 0.215. The highest BCUT2D eigenvalue weighted by Gasteiger charge is 2.38. The topological polar surface area (TPSA) is 65.4 Å². The van der Waals surface area contributed by atoms with Gasteiger partial charge in [-0.1, -0.05) is 98.8 Å². The van der Waals surface area contributed by atoms with Gasteiger partial charge in [0.15, 0.2) is 0 Å². The van der Waals surface area contributed by atoms with Gasteiger partial charge >= 0.3 is 0 Å². The Hall–Kier alpha value is -5.97. The average Bonchev–Trinajstić information content (AvgIpc) is 3.53. The second-order valence-electron chi connectivity index (χ2n) is 11.8. The number of benzene rings is 5. The Bertz CT molecular complexity index is 2380. The van der Waals surface area contributed by atoms with Gasteiger partial charge in [-0.25, -0.2) is 4.98 Å². The zero-order valence-electron chi connectivity index (χ0n) is 24.3. The highest BCUT2D eigenvalue weighted by atomic mass is 15.0. The van der Waals surface area contributed by atoms with Gasteiger partial charge in [-0.15, -0.1) is 0 Å². The molecular formula is C40H26N4. The zero-order valence-corrected chi connectivity index (χ0v) is 24.3. The van der Waals surface area contributed by atoms with Crippen LogP contribution in [0.15, 0.2) is 121 Å². The van der Waals surface area contributed by atoms with Crippen molar-refractivity contribution in [1.82, 2.24) is 9.55 Å². The molecule has 4 heteroatoms. The molecule has 2 aromatic heterocycles. The van der Waals surface area contributed by atoms with Crippen LogP contribution >= 0.6 is 0 Å². The van der Waals surface area contributed by atoms with Gasteiger partial charge in [0.05, 0.1) is 22.3 Å². The van der Waals surface area contributed by atoms with Gasteiger partial charge in [0.1, 0.15) is 17.8 Å². The zero-order chi connectivity index (χ0) is 30.0. The number of hydrogen-bond donors (Lipinski definition) is 0. The second-order valence-corrected chi connectivity index (χ2v) is 11.8. The standard InChI is InChI=1S/C40H26N4/c1-40(2)33-14-8-6-12-29(33)30-17-19-37-38(39(30)40)31-13-7-9-15-36(31)44(37)35-18-16-26(20-27(35)22-41)32-21-28(24-43-34(32)23-42)25-10-4-3-5-11-25/h3-21,24H,1-2H3. The van der Waals surface area contributed by atoms with Crippen LogP contribution < -0.4 is 0 Å². The number of nitrogens with zero attached hydrogens (tertiary/aromatic N) is 4. The van der Waals surface area contributed by atoms with Crippen LogP contribution in [0.4, 0.5) is 0 Å². The van der Waals surface area contributed by atoms with Crippen molar-refractivity contribution in [2.45, 2.75) is 19.3 Å². The minimum atomic E-state index is -0.174. The Balaban J connectivity index is 1.36. The summed E-state index contributed by atoms with van der Waals surface area (Å²) in [6.45, 7) is 4.62. The number of fused-ring (bicyclic) bond motifs is 7. The van der Waals surface area contributed by atoms with E-state index in [1.807, 2.05) is 54.6 Å². The maximum Gasteiger partial charge on any atom is 0.148 e. The molecule has 0 aliphatic heterocycles. The lowest BCUT2D eigenvalue weighted by molar-refractivity contribution is 0.666. The lowest BCUT2D eigenvalue weighted by Gasteiger charge is -2.22. The maximum absolute atomic E-state index is 10.5. The summed E-state index contributed by atoms with van der Waals surface area (Å²) in [6, 6.07) is 44.2. The first kappa shape index (κ1) is 25.7. The molecule has 206 valence electrons. The molecule has 1 aliphatic rings. The monoisotopic (exact) mass is 562 g/mol. The van der Waals surface area contributed by atoms with Gasteiger partial charge in [-0.05, 0) is 63.7 Å². The third-order valence-corrected chi connectivity index (χ3v) is 9.12. The molecule has 4 nitrogen and oxygen atoms in total. The molecule has 44 heavy (non-hydrogen) atoms. The van der Waals surface area contributed by atoms with Crippen LogP contribution in [0.5, 0.6) is 0 Å². The van der Waals surface area contributed by atoms with Crippen LogP contribution in [-0.2, 0) is 5.41 Å². The Morgan fingerprint density at radius 1 is 0.636 bits per heavy atom. The number of aromatic nitrogens is 2. The van der Waals surface area contributed by atoms with Crippen molar-refractivity contribution in [3.05, 3.63) is 144 Å². The summed E-state index contributed by atoms with van der Waals surface area (Å²) < 4.78 is 2.22. The first-order valence-corrected chi connectivity index (χ1v) is 14.7. The van der Waals surface area contributed by atoms with E-state index in [9.17, 15) is 10.5 Å². The molecule has 0 amide bonds. The van der Waals surface area contributed by atoms with Crippen LogP contribution in [0.25, 0.3) is 60.9 Å². The van der Waals surface area contributed by atoms with Crippen molar-refractivity contribution in [1.29, 1.82) is 10.5 Å². The van der Waals surface area contributed by atoms with E-state index in [1.165, 1.54) is 33.0 Å². The van der Waals surface area contributed by atoms with Gasteiger partial charge in [0.2, 0.25) is 0 Å². The molecule has 7 aromatic rings. The average molecular weight is 563 g/mol. The molecule has 0 radical (unpaired) electrons. The van der Waals surface area contributed by atoms with Crippen LogP contribution in [0.1, 0.15) is 36.2 Å². The Labute approximate surface area is 255 Å². The third-order valence-electron chi connectivity index (χ3n) is 9.12. The number of hydrogen-bond acceptors (Lipinski definition) is 3. The van der Waals surface area contributed by atoms with Crippen molar-refractivity contribution < 1.29 is 0 Å². The maximum atomic E-state index is 10.5. The molecule has 0 bridgehead atoms. The third kappa shape index (κ3) is 3.59. The van der Waals surface area contributed by atoms with Crippen molar-refractivity contribution in [3.8, 4) is 51.2 Å². The normalized spacial score (nSPS) is 12.9. The first-order chi connectivity index (χ1) is 21.5. The second kappa shape index (κ2) is 9.53. The van der Waals surface area contributed by atoms with Crippen molar-refractivity contribution in [2.75, 3.05) is 0 Å². The fourth-order valence-corrected chi connectivity index (χ4v) is 7.14. The van der Waals surface area contributed by atoms with Crippen LogP contribution in [0, 0.1) is 22.7 Å². The molecule has 0 N–H and O–H groups in total.